The Bertz CT molecular complexity index is 1330. The van der Waals surface area contributed by atoms with Crippen LogP contribution in [-0.4, -0.2) is 18.2 Å². The number of benzene rings is 3. The van der Waals surface area contributed by atoms with Gasteiger partial charge in [-0.25, -0.2) is 4.79 Å². The van der Waals surface area contributed by atoms with Gasteiger partial charge in [0.05, 0.1) is 12.0 Å². The Hall–Kier alpha value is -3.57. The van der Waals surface area contributed by atoms with Crippen molar-refractivity contribution in [3.8, 4) is 27.7 Å². The van der Waals surface area contributed by atoms with Gasteiger partial charge in [0.15, 0.2) is 5.75 Å². The van der Waals surface area contributed by atoms with E-state index >= 15 is 0 Å². The molecule has 0 saturated carbocycles. The highest BCUT2D eigenvalue weighted by Gasteiger charge is 2.21. The second-order valence-electron chi connectivity index (χ2n) is 8.16. The Kier molecular flexibility index (Phi) is 6.52. The van der Waals surface area contributed by atoms with Crippen LogP contribution in [0.2, 0.25) is 0 Å². The smallest absolute Gasteiger partial charge is 0.328 e. The van der Waals surface area contributed by atoms with Crippen molar-refractivity contribution in [1.82, 2.24) is 0 Å². The average molecular weight is 459 g/mol. The van der Waals surface area contributed by atoms with Gasteiger partial charge in [0.2, 0.25) is 0 Å². The van der Waals surface area contributed by atoms with E-state index in [1.165, 1.54) is 16.7 Å². The van der Waals surface area contributed by atoms with E-state index in [0.29, 0.717) is 11.7 Å². The van der Waals surface area contributed by atoms with Gasteiger partial charge in [0.25, 0.3) is 0 Å². The molecule has 5 heteroatoms. The van der Waals surface area contributed by atoms with E-state index in [1.807, 2.05) is 42.5 Å². The summed E-state index contributed by atoms with van der Waals surface area (Å²) in [4.78, 5) is 11.9. The Balaban J connectivity index is 1.85. The van der Waals surface area contributed by atoms with Crippen LogP contribution in [0.5, 0.6) is 17.2 Å². The molecule has 0 fully saturated rings. The van der Waals surface area contributed by atoms with Crippen molar-refractivity contribution in [2.45, 2.75) is 26.7 Å². The highest BCUT2D eigenvalue weighted by Crippen LogP contribution is 2.49. The SMILES string of the molecule is COc1ccc2c(Oc3ccc(C=CC(=O)O)cc3)c(-c3c(C)cccc3C(C)C)sc2c1. The molecule has 0 unspecified atom stereocenters. The zero-order valence-corrected chi connectivity index (χ0v) is 19.9. The van der Waals surface area contributed by atoms with Crippen molar-refractivity contribution in [2.24, 2.45) is 0 Å². The van der Waals surface area contributed by atoms with Crippen LogP contribution in [0.4, 0.5) is 0 Å². The molecule has 4 nitrogen and oxygen atoms in total. The molecule has 3 aromatic carbocycles. The summed E-state index contributed by atoms with van der Waals surface area (Å²) < 4.78 is 13.0. The number of carbonyl (C=O) groups is 1. The summed E-state index contributed by atoms with van der Waals surface area (Å²) in [7, 11) is 1.67. The van der Waals surface area contributed by atoms with Gasteiger partial charge >= 0.3 is 5.97 Å². The Labute approximate surface area is 197 Å². The molecule has 0 aliphatic heterocycles. The maximum atomic E-state index is 10.8. The van der Waals surface area contributed by atoms with Gasteiger partial charge in [-0.05, 0) is 65.9 Å². The fourth-order valence-corrected chi connectivity index (χ4v) is 5.15. The summed E-state index contributed by atoms with van der Waals surface area (Å²) in [6.45, 7) is 6.55. The highest BCUT2D eigenvalue weighted by molar-refractivity contribution is 7.22. The summed E-state index contributed by atoms with van der Waals surface area (Å²) in [6, 6.07) is 19.9. The molecular formula is C28H26O4S. The first-order chi connectivity index (χ1) is 15.9. The van der Waals surface area contributed by atoms with Crippen LogP contribution < -0.4 is 9.47 Å². The Morgan fingerprint density at radius 1 is 1.03 bits per heavy atom. The molecule has 0 bridgehead atoms. The number of carboxylic acid groups (broad SMARTS) is 1. The largest absolute Gasteiger partial charge is 0.497 e. The van der Waals surface area contributed by atoms with E-state index in [9.17, 15) is 4.79 Å². The summed E-state index contributed by atoms with van der Waals surface area (Å²) in [5.41, 5.74) is 4.50. The molecule has 0 spiro atoms. The van der Waals surface area contributed by atoms with Gasteiger partial charge in [-0.3, -0.25) is 0 Å². The zero-order chi connectivity index (χ0) is 23.5. The molecule has 33 heavy (non-hydrogen) atoms. The lowest BCUT2D eigenvalue weighted by molar-refractivity contribution is -0.131. The van der Waals surface area contributed by atoms with Crippen molar-refractivity contribution in [2.75, 3.05) is 7.11 Å². The molecule has 0 saturated heterocycles. The summed E-state index contributed by atoms with van der Waals surface area (Å²) in [5, 5.41) is 9.87. The number of aryl methyl sites for hydroxylation is 1. The second-order valence-corrected chi connectivity index (χ2v) is 9.21. The first-order valence-corrected chi connectivity index (χ1v) is 11.6. The van der Waals surface area contributed by atoms with Crippen LogP contribution in [0.3, 0.4) is 0 Å². The Morgan fingerprint density at radius 2 is 1.76 bits per heavy atom. The van der Waals surface area contributed by atoms with Crippen molar-refractivity contribution in [1.29, 1.82) is 0 Å². The van der Waals surface area contributed by atoms with Gasteiger partial charge in [-0.15, -0.1) is 11.3 Å². The lowest BCUT2D eigenvalue weighted by atomic mass is 9.92. The standard InChI is InChI=1S/C28H26O4S/c1-17(2)22-7-5-6-18(3)26(22)28-27(23-14-13-21(31-4)16-24(23)33-28)32-20-11-8-19(9-12-20)10-15-25(29)30/h5-17H,1-4H3,(H,29,30). The number of hydrogen-bond donors (Lipinski definition) is 1. The molecule has 0 atom stereocenters. The van der Waals surface area contributed by atoms with Crippen LogP contribution in [0.25, 0.3) is 26.6 Å². The fraction of sp³-hybridized carbons (Fsp3) is 0.179. The maximum Gasteiger partial charge on any atom is 0.328 e. The number of hydrogen-bond acceptors (Lipinski definition) is 4. The molecule has 1 heterocycles. The third-order valence-electron chi connectivity index (χ3n) is 5.52. The van der Waals surface area contributed by atoms with Crippen molar-refractivity contribution in [3.63, 3.8) is 0 Å². The van der Waals surface area contributed by atoms with E-state index in [0.717, 1.165) is 38.1 Å². The third-order valence-corrected chi connectivity index (χ3v) is 6.68. The van der Waals surface area contributed by atoms with Crippen molar-refractivity contribution in [3.05, 3.63) is 83.4 Å². The number of thiophene rings is 1. The summed E-state index contributed by atoms with van der Waals surface area (Å²) >= 11 is 1.70. The van der Waals surface area contributed by atoms with Crippen LogP contribution >= 0.6 is 11.3 Å². The number of fused-ring (bicyclic) bond motifs is 1. The van der Waals surface area contributed by atoms with Crippen molar-refractivity contribution < 1.29 is 19.4 Å². The Morgan fingerprint density at radius 3 is 2.42 bits per heavy atom. The molecule has 4 aromatic rings. The molecular weight excluding hydrogens is 432 g/mol. The minimum Gasteiger partial charge on any atom is -0.497 e. The average Bonchev–Trinajstić information content (AvgIpc) is 3.15. The monoisotopic (exact) mass is 458 g/mol. The van der Waals surface area contributed by atoms with Crippen LogP contribution in [0, 0.1) is 6.92 Å². The molecule has 4 rings (SSSR count). The van der Waals surface area contributed by atoms with Gasteiger partial charge in [-0.1, -0.05) is 44.2 Å². The van der Waals surface area contributed by atoms with E-state index in [-0.39, 0.29) is 0 Å². The van der Waals surface area contributed by atoms with Crippen LogP contribution in [0.15, 0.2) is 66.7 Å². The molecule has 0 aliphatic rings. The van der Waals surface area contributed by atoms with Gasteiger partial charge in [0.1, 0.15) is 11.5 Å². The number of carboxylic acids is 1. The fourth-order valence-electron chi connectivity index (χ4n) is 3.86. The van der Waals surface area contributed by atoms with Crippen molar-refractivity contribution >= 4 is 33.5 Å². The first kappa shape index (κ1) is 22.6. The molecule has 0 amide bonds. The van der Waals surface area contributed by atoms with Crippen LogP contribution in [0.1, 0.15) is 36.5 Å². The second kappa shape index (κ2) is 9.51. The minimum atomic E-state index is -0.973. The summed E-state index contributed by atoms with van der Waals surface area (Å²) in [5.74, 6) is 1.72. The first-order valence-electron chi connectivity index (χ1n) is 10.8. The normalized spacial score (nSPS) is 11.4. The minimum absolute atomic E-state index is 0.368. The van der Waals surface area contributed by atoms with E-state index in [1.54, 1.807) is 24.5 Å². The lowest BCUT2D eigenvalue weighted by Crippen LogP contribution is -1.95. The number of aliphatic carboxylic acids is 1. The van der Waals surface area contributed by atoms with Gasteiger partial charge in [0, 0.05) is 21.7 Å². The maximum absolute atomic E-state index is 10.8. The van der Waals surface area contributed by atoms with Gasteiger partial charge < -0.3 is 14.6 Å². The third kappa shape index (κ3) is 4.78. The molecule has 1 N–H and O–H groups in total. The quantitative estimate of drug-likeness (QED) is 0.286. The predicted octanol–water partition coefficient (Wildman–Crippen LogP) is 7.90. The highest BCUT2D eigenvalue weighted by atomic mass is 32.1. The lowest BCUT2D eigenvalue weighted by Gasteiger charge is -2.16. The molecule has 0 aliphatic carbocycles. The summed E-state index contributed by atoms with van der Waals surface area (Å²) in [6.07, 6.45) is 2.69. The number of ether oxygens (including phenoxy) is 2. The molecule has 168 valence electrons. The van der Waals surface area contributed by atoms with E-state index in [2.05, 4.69) is 39.0 Å². The number of methoxy groups -OCH3 is 1. The van der Waals surface area contributed by atoms with E-state index in [4.69, 9.17) is 14.6 Å². The zero-order valence-electron chi connectivity index (χ0n) is 19.1. The molecule has 1 aromatic heterocycles. The van der Waals surface area contributed by atoms with E-state index < -0.39 is 5.97 Å². The topological polar surface area (TPSA) is 55.8 Å². The predicted molar refractivity (Wildman–Crippen MR) is 136 cm³/mol. The van der Waals surface area contributed by atoms with Gasteiger partial charge in [-0.2, -0.15) is 0 Å². The van der Waals surface area contributed by atoms with Crippen LogP contribution in [-0.2, 0) is 4.79 Å². The molecule has 0 radical (unpaired) electrons. The number of rotatable bonds is 7.